The van der Waals surface area contributed by atoms with Gasteiger partial charge >= 0.3 is 0 Å². The molecule has 1 N–H and O–H groups in total. The summed E-state index contributed by atoms with van der Waals surface area (Å²) in [5.41, 5.74) is 1.56. The summed E-state index contributed by atoms with van der Waals surface area (Å²) in [6.45, 7) is 4.10. The van der Waals surface area contributed by atoms with Gasteiger partial charge in [0.25, 0.3) is 0 Å². The van der Waals surface area contributed by atoms with Crippen LogP contribution in [0.25, 0.3) is 0 Å². The maximum atomic E-state index is 10.4. The first-order valence-corrected chi connectivity index (χ1v) is 6.88. The Morgan fingerprint density at radius 3 is 2.80 bits per heavy atom. The SMILES string of the molecule is CCn1cc(C(O)c2ccc3c(c2)OCCCO3)cn1. The molecule has 3 rings (SSSR count). The lowest BCUT2D eigenvalue weighted by atomic mass is 10.0. The molecule has 0 saturated heterocycles. The second kappa shape index (κ2) is 5.54. The minimum absolute atomic E-state index is 0.639. The summed E-state index contributed by atoms with van der Waals surface area (Å²) < 4.78 is 13.0. The predicted octanol–water partition coefficient (Wildman–Crippen LogP) is 2.15. The molecular weight excluding hydrogens is 256 g/mol. The average molecular weight is 274 g/mol. The Morgan fingerprint density at radius 2 is 2.05 bits per heavy atom. The van der Waals surface area contributed by atoms with Crippen LogP contribution in [0.15, 0.2) is 30.6 Å². The summed E-state index contributed by atoms with van der Waals surface area (Å²) in [6, 6.07) is 5.56. The van der Waals surface area contributed by atoms with Crippen LogP contribution in [0, 0.1) is 0 Å². The number of ether oxygens (including phenoxy) is 2. The molecule has 0 aliphatic carbocycles. The van der Waals surface area contributed by atoms with Gasteiger partial charge < -0.3 is 14.6 Å². The highest BCUT2D eigenvalue weighted by molar-refractivity contribution is 5.45. The first kappa shape index (κ1) is 13.0. The fraction of sp³-hybridized carbons (Fsp3) is 0.400. The zero-order chi connectivity index (χ0) is 13.9. The minimum Gasteiger partial charge on any atom is -0.490 e. The van der Waals surface area contributed by atoms with Crippen LogP contribution >= 0.6 is 0 Å². The zero-order valence-corrected chi connectivity index (χ0v) is 11.5. The Labute approximate surface area is 117 Å². The molecule has 1 atom stereocenters. The maximum Gasteiger partial charge on any atom is 0.161 e. The van der Waals surface area contributed by atoms with E-state index < -0.39 is 6.10 Å². The van der Waals surface area contributed by atoms with Gasteiger partial charge in [-0.05, 0) is 24.6 Å². The highest BCUT2D eigenvalue weighted by Gasteiger charge is 2.17. The van der Waals surface area contributed by atoms with Crippen molar-refractivity contribution < 1.29 is 14.6 Å². The Kier molecular flexibility index (Phi) is 3.60. The van der Waals surface area contributed by atoms with Gasteiger partial charge in [-0.1, -0.05) is 6.07 Å². The van der Waals surface area contributed by atoms with Gasteiger partial charge in [0, 0.05) is 24.7 Å². The molecule has 1 unspecified atom stereocenters. The molecule has 0 radical (unpaired) electrons. The van der Waals surface area contributed by atoms with Gasteiger partial charge in [0.05, 0.1) is 19.4 Å². The molecule has 2 aromatic rings. The third-order valence-electron chi connectivity index (χ3n) is 3.38. The third-order valence-corrected chi connectivity index (χ3v) is 3.38. The molecule has 0 amide bonds. The number of benzene rings is 1. The van der Waals surface area contributed by atoms with Crippen molar-refractivity contribution in [2.45, 2.75) is 26.0 Å². The van der Waals surface area contributed by atoms with Gasteiger partial charge in [0.1, 0.15) is 6.10 Å². The largest absolute Gasteiger partial charge is 0.490 e. The van der Waals surface area contributed by atoms with E-state index in [1.165, 1.54) is 0 Å². The molecule has 2 heterocycles. The van der Waals surface area contributed by atoms with E-state index in [4.69, 9.17) is 9.47 Å². The van der Waals surface area contributed by atoms with Crippen LogP contribution in [0.5, 0.6) is 11.5 Å². The average Bonchev–Trinajstić information content (AvgIpc) is 2.84. The first-order valence-electron chi connectivity index (χ1n) is 6.88. The molecule has 1 aromatic heterocycles. The van der Waals surface area contributed by atoms with Gasteiger partial charge in [-0.25, -0.2) is 0 Å². The van der Waals surface area contributed by atoms with Crippen molar-refractivity contribution in [1.82, 2.24) is 9.78 Å². The third kappa shape index (κ3) is 2.49. The quantitative estimate of drug-likeness (QED) is 0.931. The number of aliphatic hydroxyl groups is 1. The van der Waals surface area contributed by atoms with E-state index in [-0.39, 0.29) is 0 Å². The van der Waals surface area contributed by atoms with Crippen molar-refractivity contribution >= 4 is 0 Å². The second-order valence-corrected chi connectivity index (χ2v) is 4.79. The molecule has 1 aromatic carbocycles. The summed E-state index contributed by atoms with van der Waals surface area (Å²) in [4.78, 5) is 0. The summed E-state index contributed by atoms with van der Waals surface area (Å²) in [6.07, 6.45) is 3.72. The molecule has 106 valence electrons. The van der Waals surface area contributed by atoms with Crippen LogP contribution in [-0.2, 0) is 6.54 Å². The second-order valence-electron chi connectivity index (χ2n) is 4.79. The van der Waals surface area contributed by atoms with Gasteiger partial charge in [-0.15, -0.1) is 0 Å². The van der Waals surface area contributed by atoms with E-state index in [1.54, 1.807) is 10.9 Å². The highest BCUT2D eigenvalue weighted by Crippen LogP contribution is 2.33. The number of rotatable bonds is 3. The molecule has 0 bridgehead atoms. The standard InChI is InChI=1S/C15H18N2O3/c1-2-17-10-12(9-16-17)15(18)11-4-5-13-14(8-11)20-7-3-6-19-13/h4-5,8-10,15,18H,2-3,6-7H2,1H3. The summed E-state index contributed by atoms with van der Waals surface area (Å²) in [5.74, 6) is 1.43. The fourth-order valence-electron chi connectivity index (χ4n) is 2.24. The predicted molar refractivity (Wildman–Crippen MR) is 74.0 cm³/mol. The van der Waals surface area contributed by atoms with Gasteiger partial charge in [-0.2, -0.15) is 5.10 Å². The van der Waals surface area contributed by atoms with E-state index in [9.17, 15) is 5.11 Å². The van der Waals surface area contributed by atoms with Gasteiger partial charge in [-0.3, -0.25) is 4.68 Å². The maximum absolute atomic E-state index is 10.4. The zero-order valence-electron chi connectivity index (χ0n) is 11.5. The van der Waals surface area contributed by atoms with Crippen molar-refractivity contribution in [3.8, 4) is 11.5 Å². The molecule has 1 aliphatic rings. The van der Waals surface area contributed by atoms with Crippen LogP contribution in [-0.4, -0.2) is 28.1 Å². The normalized spacial score (nSPS) is 15.7. The molecule has 0 spiro atoms. The number of aryl methyl sites for hydroxylation is 1. The highest BCUT2D eigenvalue weighted by atomic mass is 16.5. The lowest BCUT2D eigenvalue weighted by molar-refractivity contribution is 0.219. The van der Waals surface area contributed by atoms with Gasteiger partial charge in [0.2, 0.25) is 0 Å². The smallest absolute Gasteiger partial charge is 0.161 e. The van der Waals surface area contributed by atoms with E-state index in [0.717, 1.165) is 29.8 Å². The van der Waals surface area contributed by atoms with Crippen molar-refractivity contribution in [3.05, 3.63) is 41.7 Å². The Hall–Kier alpha value is -2.01. The molecular formula is C15H18N2O3. The van der Waals surface area contributed by atoms with Crippen LogP contribution in [0.1, 0.15) is 30.6 Å². The monoisotopic (exact) mass is 274 g/mol. The van der Waals surface area contributed by atoms with Crippen molar-refractivity contribution in [1.29, 1.82) is 0 Å². The molecule has 20 heavy (non-hydrogen) atoms. The topological polar surface area (TPSA) is 56.5 Å². The lowest BCUT2D eigenvalue weighted by Crippen LogP contribution is -2.00. The van der Waals surface area contributed by atoms with Crippen molar-refractivity contribution in [3.63, 3.8) is 0 Å². The number of hydrogen-bond donors (Lipinski definition) is 1. The Bertz CT molecular complexity index is 595. The van der Waals surface area contributed by atoms with E-state index in [2.05, 4.69) is 5.10 Å². The van der Waals surface area contributed by atoms with Gasteiger partial charge in [0.15, 0.2) is 11.5 Å². The summed E-state index contributed by atoms with van der Waals surface area (Å²) in [5, 5.41) is 14.6. The minimum atomic E-state index is -0.701. The Balaban J connectivity index is 1.87. The Morgan fingerprint density at radius 1 is 1.25 bits per heavy atom. The van der Waals surface area contributed by atoms with E-state index in [0.29, 0.717) is 19.0 Å². The molecule has 0 fully saturated rings. The van der Waals surface area contributed by atoms with Crippen molar-refractivity contribution in [2.24, 2.45) is 0 Å². The number of fused-ring (bicyclic) bond motifs is 1. The van der Waals surface area contributed by atoms with Crippen LogP contribution in [0.2, 0.25) is 0 Å². The molecule has 0 saturated carbocycles. The van der Waals surface area contributed by atoms with Crippen LogP contribution in [0.4, 0.5) is 0 Å². The lowest BCUT2D eigenvalue weighted by Gasteiger charge is -2.12. The van der Waals surface area contributed by atoms with Crippen LogP contribution in [0.3, 0.4) is 0 Å². The van der Waals surface area contributed by atoms with Crippen molar-refractivity contribution in [2.75, 3.05) is 13.2 Å². The molecule has 5 heteroatoms. The first-order chi connectivity index (χ1) is 9.78. The fourth-order valence-corrected chi connectivity index (χ4v) is 2.24. The number of aliphatic hydroxyl groups excluding tert-OH is 1. The number of nitrogens with zero attached hydrogens (tertiary/aromatic N) is 2. The number of hydrogen-bond acceptors (Lipinski definition) is 4. The summed E-state index contributed by atoms with van der Waals surface area (Å²) in [7, 11) is 0. The summed E-state index contributed by atoms with van der Waals surface area (Å²) >= 11 is 0. The molecule has 1 aliphatic heterocycles. The molecule has 5 nitrogen and oxygen atoms in total. The number of aromatic nitrogens is 2. The van der Waals surface area contributed by atoms with E-state index in [1.807, 2.05) is 31.3 Å². The van der Waals surface area contributed by atoms with E-state index >= 15 is 0 Å². The van der Waals surface area contributed by atoms with Crippen LogP contribution < -0.4 is 9.47 Å².